The zero-order chi connectivity index (χ0) is 13.6. The predicted octanol–water partition coefficient (Wildman–Crippen LogP) is 2.57. The number of rotatable bonds is 4. The number of methoxy groups -OCH3 is 2. The molecular weight excluding hydrogens is 238 g/mol. The van der Waals surface area contributed by atoms with Crippen LogP contribution in [0.5, 0.6) is 5.75 Å². The molecule has 104 valence electrons. The minimum absolute atomic E-state index is 0.177. The third kappa shape index (κ3) is 1.96. The van der Waals surface area contributed by atoms with Crippen molar-refractivity contribution in [2.45, 2.75) is 50.2 Å². The van der Waals surface area contributed by atoms with E-state index in [1.807, 2.05) is 7.11 Å². The Morgan fingerprint density at radius 2 is 2.00 bits per heavy atom. The lowest BCUT2D eigenvalue weighted by atomic mass is 9.86. The van der Waals surface area contributed by atoms with Gasteiger partial charge in [0, 0.05) is 25.0 Å². The van der Waals surface area contributed by atoms with Crippen molar-refractivity contribution in [1.82, 2.24) is 0 Å². The average molecular weight is 261 g/mol. The average Bonchev–Trinajstić information content (AvgIpc) is 2.93. The maximum Gasteiger partial charge on any atom is 0.119 e. The molecule has 1 aromatic rings. The first-order valence-corrected chi connectivity index (χ1v) is 7.14. The Kier molecular flexibility index (Phi) is 3.27. The highest BCUT2D eigenvalue weighted by molar-refractivity contribution is 5.52. The van der Waals surface area contributed by atoms with Crippen molar-refractivity contribution in [1.29, 1.82) is 0 Å². The zero-order valence-corrected chi connectivity index (χ0v) is 12.0. The summed E-state index contributed by atoms with van der Waals surface area (Å²) in [7, 11) is 3.57. The second-order valence-corrected chi connectivity index (χ2v) is 5.96. The van der Waals surface area contributed by atoms with Crippen LogP contribution in [0.25, 0.3) is 0 Å². The van der Waals surface area contributed by atoms with E-state index in [2.05, 4.69) is 19.1 Å². The van der Waals surface area contributed by atoms with Gasteiger partial charge >= 0.3 is 0 Å². The van der Waals surface area contributed by atoms with E-state index >= 15 is 0 Å². The van der Waals surface area contributed by atoms with Crippen molar-refractivity contribution in [3.8, 4) is 5.75 Å². The Morgan fingerprint density at radius 1 is 1.26 bits per heavy atom. The minimum atomic E-state index is 0.177. The molecule has 0 radical (unpaired) electrons. The number of nitrogens with two attached hydrogens (primary N) is 1. The van der Waals surface area contributed by atoms with Crippen LogP contribution in [-0.2, 0) is 11.2 Å². The fraction of sp³-hybridized carbons (Fsp3) is 0.625. The molecule has 2 bridgehead atoms. The molecule has 3 nitrogen and oxygen atoms in total. The van der Waals surface area contributed by atoms with Crippen LogP contribution in [0, 0.1) is 0 Å². The first kappa shape index (κ1) is 12.9. The Morgan fingerprint density at radius 3 is 2.63 bits per heavy atom. The number of hydrogen-bond acceptors (Lipinski definition) is 3. The predicted molar refractivity (Wildman–Crippen MR) is 75.9 cm³/mol. The van der Waals surface area contributed by atoms with Gasteiger partial charge in [0.2, 0.25) is 0 Å². The SMILES string of the molecule is COc1cc(CC(C)N)c2c(c1)C1CCC2C1OC. The summed E-state index contributed by atoms with van der Waals surface area (Å²) in [6, 6.07) is 4.54. The Bertz CT molecular complexity index is 484. The van der Waals surface area contributed by atoms with E-state index in [0.717, 1.165) is 12.2 Å². The topological polar surface area (TPSA) is 44.5 Å². The highest BCUT2D eigenvalue weighted by Gasteiger charge is 2.47. The summed E-state index contributed by atoms with van der Waals surface area (Å²) in [5.41, 5.74) is 10.3. The second-order valence-electron chi connectivity index (χ2n) is 5.96. The van der Waals surface area contributed by atoms with Crippen molar-refractivity contribution in [3.05, 3.63) is 28.8 Å². The molecular formula is C16H23NO2. The summed E-state index contributed by atoms with van der Waals surface area (Å²) in [5, 5.41) is 0. The van der Waals surface area contributed by atoms with Gasteiger partial charge < -0.3 is 15.2 Å². The molecule has 4 unspecified atom stereocenters. The van der Waals surface area contributed by atoms with E-state index < -0.39 is 0 Å². The van der Waals surface area contributed by atoms with Crippen LogP contribution in [-0.4, -0.2) is 26.4 Å². The summed E-state index contributed by atoms with van der Waals surface area (Å²) in [6.07, 6.45) is 3.75. The largest absolute Gasteiger partial charge is 0.497 e. The van der Waals surface area contributed by atoms with Crippen LogP contribution in [0.15, 0.2) is 12.1 Å². The van der Waals surface area contributed by atoms with E-state index in [1.54, 1.807) is 7.11 Å². The van der Waals surface area contributed by atoms with Gasteiger partial charge in [-0.25, -0.2) is 0 Å². The molecule has 3 heteroatoms. The molecule has 0 saturated heterocycles. The van der Waals surface area contributed by atoms with Gasteiger partial charge in [0.15, 0.2) is 0 Å². The summed E-state index contributed by atoms with van der Waals surface area (Å²) >= 11 is 0. The van der Waals surface area contributed by atoms with Crippen LogP contribution in [0.2, 0.25) is 0 Å². The molecule has 2 N–H and O–H groups in total. The van der Waals surface area contributed by atoms with E-state index in [0.29, 0.717) is 17.9 Å². The maximum absolute atomic E-state index is 6.00. The van der Waals surface area contributed by atoms with Crippen molar-refractivity contribution in [2.24, 2.45) is 5.73 Å². The van der Waals surface area contributed by atoms with Crippen molar-refractivity contribution in [2.75, 3.05) is 14.2 Å². The van der Waals surface area contributed by atoms with Crippen LogP contribution >= 0.6 is 0 Å². The molecule has 0 aliphatic heterocycles. The van der Waals surface area contributed by atoms with Crippen LogP contribution < -0.4 is 10.5 Å². The first-order valence-electron chi connectivity index (χ1n) is 7.14. The van der Waals surface area contributed by atoms with Crippen LogP contribution in [0.1, 0.15) is 48.3 Å². The molecule has 2 aliphatic rings. The highest BCUT2D eigenvalue weighted by atomic mass is 16.5. The van der Waals surface area contributed by atoms with Crippen LogP contribution in [0.4, 0.5) is 0 Å². The molecule has 2 aliphatic carbocycles. The Hall–Kier alpha value is -1.06. The fourth-order valence-corrected chi connectivity index (χ4v) is 4.04. The van der Waals surface area contributed by atoms with Gasteiger partial charge in [-0.2, -0.15) is 0 Å². The monoisotopic (exact) mass is 261 g/mol. The van der Waals surface area contributed by atoms with Gasteiger partial charge in [-0.15, -0.1) is 0 Å². The summed E-state index contributed by atoms with van der Waals surface area (Å²) in [6.45, 7) is 2.06. The Labute approximate surface area is 115 Å². The lowest BCUT2D eigenvalue weighted by Gasteiger charge is -2.21. The zero-order valence-electron chi connectivity index (χ0n) is 12.0. The van der Waals surface area contributed by atoms with Gasteiger partial charge in [0.1, 0.15) is 5.75 Å². The normalized spacial score (nSPS) is 29.4. The van der Waals surface area contributed by atoms with Crippen molar-refractivity contribution in [3.63, 3.8) is 0 Å². The Balaban J connectivity index is 2.08. The molecule has 3 rings (SSSR count). The standard InChI is InChI=1S/C16H23NO2/c1-9(17)6-10-7-11(18-2)8-14-12-4-5-13(15(10)14)16(12)19-3/h7-9,12-13,16H,4-6,17H2,1-3H3. The van der Waals surface area contributed by atoms with Gasteiger partial charge in [0.05, 0.1) is 13.2 Å². The summed E-state index contributed by atoms with van der Waals surface area (Å²) in [5.74, 6) is 2.06. The van der Waals surface area contributed by atoms with E-state index in [1.165, 1.54) is 29.5 Å². The van der Waals surface area contributed by atoms with E-state index in [-0.39, 0.29) is 6.04 Å². The first-order chi connectivity index (χ1) is 9.15. The second kappa shape index (κ2) is 4.80. The van der Waals surface area contributed by atoms with Crippen molar-refractivity contribution < 1.29 is 9.47 Å². The van der Waals surface area contributed by atoms with Gasteiger partial charge in [0.25, 0.3) is 0 Å². The molecule has 0 heterocycles. The molecule has 1 fully saturated rings. The van der Waals surface area contributed by atoms with Gasteiger partial charge in [-0.05, 0) is 55.0 Å². The molecule has 1 aromatic carbocycles. The van der Waals surface area contributed by atoms with Gasteiger partial charge in [-0.1, -0.05) is 0 Å². The smallest absolute Gasteiger partial charge is 0.119 e. The lowest BCUT2D eigenvalue weighted by molar-refractivity contribution is 0.0909. The van der Waals surface area contributed by atoms with Crippen LogP contribution in [0.3, 0.4) is 0 Å². The van der Waals surface area contributed by atoms with E-state index in [9.17, 15) is 0 Å². The van der Waals surface area contributed by atoms with Gasteiger partial charge in [-0.3, -0.25) is 0 Å². The quantitative estimate of drug-likeness (QED) is 0.906. The molecule has 1 saturated carbocycles. The molecule has 4 atom stereocenters. The number of benzene rings is 1. The number of ether oxygens (including phenoxy) is 2. The fourth-order valence-electron chi connectivity index (χ4n) is 4.04. The molecule has 0 spiro atoms. The molecule has 0 aromatic heterocycles. The van der Waals surface area contributed by atoms with E-state index in [4.69, 9.17) is 15.2 Å². The van der Waals surface area contributed by atoms with Crippen molar-refractivity contribution >= 4 is 0 Å². The molecule has 0 amide bonds. The minimum Gasteiger partial charge on any atom is -0.497 e. The highest BCUT2D eigenvalue weighted by Crippen LogP contribution is 2.56. The maximum atomic E-state index is 6.00. The number of fused-ring (bicyclic) bond motifs is 5. The third-order valence-corrected chi connectivity index (χ3v) is 4.67. The molecule has 19 heavy (non-hydrogen) atoms. The number of hydrogen-bond donors (Lipinski definition) is 1. The summed E-state index contributed by atoms with van der Waals surface area (Å²) < 4.78 is 11.2. The third-order valence-electron chi connectivity index (χ3n) is 4.67. The lowest BCUT2D eigenvalue weighted by Crippen LogP contribution is -2.20. The summed E-state index contributed by atoms with van der Waals surface area (Å²) in [4.78, 5) is 0.